The number of aromatic carboxylic acids is 1. The molecule has 0 spiro atoms. The number of H-pyrrole nitrogens is 1. The molecule has 0 unspecified atom stereocenters. The first-order valence-corrected chi connectivity index (χ1v) is 9.46. The van der Waals surface area contributed by atoms with Crippen molar-refractivity contribution in [3.05, 3.63) is 63.3 Å². The average Bonchev–Trinajstić information content (AvgIpc) is 3.22. The van der Waals surface area contributed by atoms with Gasteiger partial charge in [0.25, 0.3) is 5.56 Å². The van der Waals surface area contributed by atoms with Crippen LogP contribution in [0, 0.1) is 4.77 Å². The second kappa shape index (κ2) is 7.56. The van der Waals surface area contributed by atoms with Gasteiger partial charge in [-0.25, -0.2) is 9.78 Å². The summed E-state index contributed by atoms with van der Waals surface area (Å²) in [5.74, 6) is -0.769. The number of fused-ring (bicyclic) bond motifs is 1. The van der Waals surface area contributed by atoms with Crippen molar-refractivity contribution in [2.24, 2.45) is 0 Å². The van der Waals surface area contributed by atoms with Gasteiger partial charge >= 0.3 is 5.97 Å². The summed E-state index contributed by atoms with van der Waals surface area (Å²) in [6.45, 7) is 2.59. The van der Waals surface area contributed by atoms with Gasteiger partial charge in [-0.2, -0.15) is 5.10 Å². The minimum Gasteiger partial charge on any atom is -0.495 e. The number of methoxy groups -OCH3 is 1. The van der Waals surface area contributed by atoms with Gasteiger partial charge in [0.15, 0.2) is 10.4 Å². The van der Waals surface area contributed by atoms with Crippen LogP contribution < -0.4 is 10.3 Å². The number of aromatic amines is 1. The molecule has 152 valence electrons. The number of nitrogens with zero attached hydrogens (tertiary/aromatic N) is 4. The molecule has 0 atom stereocenters. The van der Waals surface area contributed by atoms with E-state index in [0.717, 1.165) is 0 Å². The Morgan fingerprint density at radius 1 is 1.27 bits per heavy atom. The van der Waals surface area contributed by atoms with E-state index in [-0.39, 0.29) is 21.4 Å². The summed E-state index contributed by atoms with van der Waals surface area (Å²) in [5, 5.41) is 14.1. The van der Waals surface area contributed by atoms with Crippen molar-refractivity contribution in [2.75, 3.05) is 7.11 Å². The Bertz CT molecular complexity index is 1400. The van der Waals surface area contributed by atoms with E-state index in [1.807, 2.05) is 6.92 Å². The minimum absolute atomic E-state index is 0.0667. The number of aryl methyl sites for hydroxylation is 1. The van der Waals surface area contributed by atoms with E-state index in [0.29, 0.717) is 29.4 Å². The SMILES string of the molecule is CCn1ccc(-c2cc(C(=O)O)c3c(=O)[nH]c(=S)n(-c4ccccc4OC)c3n2)n1. The zero-order valence-electron chi connectivity index (χ0n) is 16.1. The first-order chi connectivity index (χ1) is 14.4. The molecule has 3 heterocycles. The molecule has 0 aliphatic carbocycles. The first kappa shape index (κ1) is 19.5. The number of hydrogen-bond donors (Lipinski definition) is 2. The molecule has 9 nitrogen and oxygen atoms in total. The van der Waals surface area contributed by atoms with Crippen molar-refractivity contribution in [2.45, 2.75) is 13.5 Å². The highest BCUT2D eigenvalue weighted by Crippen LogP contribution is 2.28. The lowest BCUT2D eigenvalue weighted by molar-refractivity contribution is 0.0699. The fraction of sp³-hybridized carbons (Fsp3) is 0.150. The number of carboxylic acid groups (broad SMARTS) is 1. The largest absolute Gasteiger partial charge is 0.495 e. The predicted molar refractivity (Wildman–Crippen MR) is 113 cm³/mol. The van der Waals surface area contributed by atoms with Crippen molar-refractivity contribution in [1.82, 2.24) is 24.3 Å². The number of para-hydroxylation sites is 2. The average molecular weight is 423 g/mol. The summed E-state index contributed by atoms with van der Waals surface area (Å²) in [6, 6.07) is 10.1. The maximum Gasteiger partial charge on any atom is 0.336 e. The van der Waals surface area contributed by atoms with Crippen LogP contribution in [-0.4, -0.2) is 42.5 Å². The molecule has 0 fully saturated rings. The molecule has 0 aliphatic rings. The van der Waals surface area contributed by atoms with E-state index in [2.05, 4.69) is 15.1 Å². The van der Waals surface area contributed by atoms with Crippen molar-refractivity contribution in [3.63, 3.8) is 0 Å². The summed E-state index contributed by atoms with van der Waals surface area (Å²) in [5.41, 5.74) is 0.605. The lowest BCUT2D eigenvalue weighted by Gasteiger charge is -2.15. The molecule has 4 aromatic rings. The van der Waals surface area contributed by atoms with Crippen LogP contribution in [0.4, 0.5) is 0 Å². The quantitative estimate of drug-likeness (QED) is 0.474. The molecule has 30 heavy (non-hydrogen) atoms. The highest BCUT2D eigenvalue weighted by atomic mass is 32.1. The van der Waals surface area contributed by atoms with Crippen LogP contribution in [0.25, 0.3) is 28.1 Å². The Labute approximate surface area is 175 Å². The fourth-order valence-corrected chi connectivity index (χ4v) is 3.52. The van der Waals surface area contributed by atoms with Gasteiger partial charge in [-0.15, -0.1) is 0 Å². The van der Waals surface area contributed by atoms with Crippen molar-refractivity contribution in [1.29, 1.82) is 0 Å². The second-order valence-corrected chi connectivity index (χ2v) is 6.77. The van der Waals surface area contributed by atoms with Gasteiger partial charge in [0.1, 0.15) is 11.4 Å². The number of rotatable bonds is 5. The third kappa shape index (κ3) is 3.16. The molecule has 0 saturated heterocycles. The normalized spacial score (nSPS) is 11.0. The highest BCUT2D eigenvalue weighted by molar-refractivity contribution is 7.71. The van der Waals surface area contributed by atoms with Gasteiger partial charge < -0.3 is 9.84 Å². The molecule has 3 aromatic heterocycles. The summed E-state index contributed by atoms with van der Waals surface area (Å²) < 4.78 is 8.69. The van der Waals surface area contributed by atoms with Crippen LogP contribution in [0.3, 0.4) is 0 Å². The molecule has 0 radical (unpaired) electrons. The standard InChI is InChI=1S/C20H17N5O4S/c1-3-24-9-8-12(23-24)13-10-11(19(27)28)16-17(21-13)25(20(30)22-18(16)26)14-6-4-5-7-15(14)29-2/h4-10H,3H2,1-2H3,(H,27,28)(H,22,26,30). The van der Waals surface area contributed by atoms with Gasteiger partial charge in [-0.1, -0.05) is 12.1 Å². The summed E-state index contributed by atoms with van der Waals surface area (Å²) in [7, 11) is 1.51. The van der Waals surface area contributed by atoms with E-state index >= 15 is 0 Å². The number of carboxylic acids is 1. The maximum atomic E-state index is 12.7. The lowest BCUT2D eigenvalue weighted by atomic mass is 10.1. The number of ether oxygens (including phenoxy) is 1. The molecule has 0 saturated carbocycles. The molecular formula is C20H17N5O4S. The molecule has 0 amide bonds. The topological polar surface area (TPSA) is 115 Å². The number of hydrogen-bond acceptors (Lipinski definition) is 6. The monoisotopic (exact) mass is 423 g/mol. The zero-order chi connectivity index (χ0) is 21.4. The van der Waals surface area contributed by atoms with Crippen LogP contribution in [0.1, 0.15) is 17.3 Å². The molecular weight excluding hydrogens is 406 g/mol. The molecule has 0 bridgehead atoms. The third-order valence-electron chi connectivity index (χ3n) is 4.65. The summed E-state index contributed by atoms with van der Waals surface area (Å²) >= 11 is 5.39. The van der Waals surface area contributed by atoms with E-state index < -0.39 is 11.5 Å². The third-order valence-corrected chi connectivity index (χ3v) is 4.93. The van der Waals surface area contributed by atoms with Gasteiger partial charge in [-0.3, -0.25) is 19.0 Å². The van der Waals surface area contributed by atoms with E-state index in [4.69, 9.17) is 17.0 Å². The van der Waals surface area contributed by atoms with Crippen molar-refractivity contribution < 1.29 is 14.6 Å². The molecule has 1 aromatic carbocycles. The Morgan fingerprint density at radius 2 is 2.03 bits per heavy atom. The van der Waals surface area contributed by atoms with E-state index in [9.17, 15) is 14.7 Å². The lowest BCUT2D eigenvalue weighted by Crippen LogP contribution is -2.18. The fourth-order valence-electron chi connectivity index (χ4n) is 3.24. The Balaban J connectivity index is 2.16. The number of aromatic nitrogens is 5. The van der Waals surface area contributed by atoms with Crippen LogP contribution in [-0.2, 0) is 6.54 Å². The molecule has 0 aliphatic heterocycles. The number of carbonyl (C=O) groups is 1. The predicted octanol–water partition coefficient (Wildman–Crippen LogP) is 3.03. The zero-order valence-corrected chi connectivity index (χ0v) is 16.9. The Hall–Kier alpha value is -3.79. The van der Waals surface area contributed by atoms with Crippen molar-refractivity contribution >= 4 is 29.2 Å². The number of nitrogens with one attached hydrogen (secondary N) is 1. The van der Waals surface area contributed by atoms with Crippen LogP contribution in [0.2, 0.25) is 0 Å². The van der Waals surface area contributed by atoms with Crippen LogP contribution in [0.5, 0.6) is 5.75 Å². The Kier molecular flexibility index (Phi) is 4.92. The maximum absolute atomic E-state index is 12.7. The summed E-state index contributed by atoms with van der Waals surface area (Å²) in [4.78, 5) is 31.8. The van der Waals surface area contributed by atoms with Gasteiger partial charge in [0.2, 0.25) is 0 Å². The molecule has 10 heteroatoms. The first-order valence-electron chi connectivity index (χ1n) is 9.05. The number of benzene rings is 1. The van der Waals surface area contributed by atoms with E-state index in [1.54, 1.807) is 41.2 Å². The summed E-state index contributed by atoms with van der Waals surface area (Å²) in [6.07, 6.45) is 1.77. The second-order valence-electron chi connectivity index (χ2n) is 6.38. The minimum atomic E-state index is -1.26. The Morgan fingerprint density at radius 3 is 2.70 bits per heavy atom. The van der Waals surface area contributed by atoms with E-state index in [1.165, 1.54) is 17.7 Å². The van der Waals surface area contributed by atoms with Gasteiger partial charge in [0.05, 0.1) is 29.4 Å². The van der Waals surface area contributed by atoms with Crippen LogP contribution >= 0.6 is 12.2 Å². The molecule has 4 rings (SSSR count). The van der Waals surface area contributed by atoms with Gasteiger partial charge in [0, 0.05) is 12.7 Å². The van der Waals surface area contributed by atoms with Gasteiger partial charge in [-0.05, 0) is 43.4 Å². The molecule has 2 N–H and O–H groups in total. The highest BCUT2D eigenvalue weighted by Gasteiger charge is 2.21. The number of pyridine rings is 1. The van der Waals surface area contributed by atoms with Crippen LogP contribution in [0.15, 0.2) is 47.4 Å². The van der Waals surface area contributed by atoms with Crippen molar-refractivity contribution in [3.8, 4) is 22.8 Å². The smallest absolute Gasteiger partial charge is 0.336 e.